The van der Waals surface area contributed by atoms with E-state index in [1.807, 2.05) is 60.7 Å². The lowest BCUT2D eigenvalue weighted by atomic mass is 9.99. The van der Waals surface area contributed by atoms with E-state index in [2.05, 4.69) is 0 Å². The highest BCUT2D eigenvalue weighted by atomic mass is 16.5. The lowest BCUT2D eigenvalue weighted by Crippen LogP contribution is -2.32. The molecule has 3 atom stereocenters. The number of aliphatic hydroxyl groups excluding tert-OH is 3. The second-order valence-electron chi connectivity index (χ2n) is 6.01. The molecular formula is C20H26O4. The van der Waals surface area contributed by atoms with Gasteiger partial charge in [0.25, 0.3) is 0 Å². The fourth-order valence-electron chi connectivity index (χ4n) is 2.57. The first-order valence-electron chi connectivity index (χ1n) is 8.35. The Labute approximate surface area is 143 Å². The Bertz CT molecular complexity index is 558. The summed E-state index contributed by atoms with van der Waals surface area (Å²) >= 11 is 0. The van der Waals surface area contributed by atoms with Crippen LogP contribution in [-0.4, -0.2) is 40.2 Å². The van der Waals surface area contributed by atoms with Crippen molar-refractivity contribution < 1.29 is 20.1 Å². The molecule has 130 valence electrons. The van der Waals surface area contributed by atoms with Crippen molar-refractivity contribution in [3.63, 3.8) is 0 Å². The highest BCUT2D eigenvalue weighted by Crippen LogP contribution is 2.16. The minimum atomic E-state index is -0.800. The van der Waals surface area contributed by atoms with Gasteiger partial charge in [0.2, 0.25) is 0 Å². The quantitative estimate of drug-likeness (QED) is 0.625. The summed E-state index contributed by atoms with van der Waals surface area (Å²) < 4.78 is 5.97. The molecule has 0 saturated carbocycles. The van der Waals surface area contributed by atoms with Gasteiger partial charge >= 0.3 is 0 Å². The number of aliphatic hydroxyl groups is 3. The highest BCUT2D eigenvalue weighted by Gasteiger charge is 2.21. The minimum Gasteiger partial charge on any atom is -0.394 e. The van der Waals surface area contributed by atoms with Gasteiger partial charge in [0.05, 0.1) is 31.5 Å². The van der Waals surface area contributed by atoms with Gasteiger partial charge in [0, 0.05) is 6.42 Å². The van der Waals surface area contributed by atoms with Crippen LogP contribution in [0.5, 0.6) is 0 Å². The molecule has 0 aliphatic heterocycles. The largest absolute Gasteiger partial charge is 0.394 e. The first-order chi connectivity index (χ1) is 11.7. The third-order valence-electron chi connectivity index (χ3n) is 4.02. The van der Waals surface area contributed by atoms with Crippen molar-refractivity contribution >= 4 is 0 Å². The average Bonchev–Trinajstić information content (AvgIpc) is 2.64. The van der Waals surface area contributed by atoms with E-state index in [4.69, 9.17) is 9.84 Å². The van der Waals surface area contributed by atoms with Crippen molar-refractivity contribution in [1.29, 1.82) is 0 Å². The molecule has 0 saturated heterocycles. The van der Waals surface area contributed by atoms with Crippen LogP contribution < -0.4 is 0 Å². The summed E-state index contributed by atoms with van der Waals surface area (Å²) in [6, 6.07) is 19.7. The molecule has 0 heterocycles. The van der Waals surface area contributed by atoms with Crippen molar-refractivity contribution in [2.24, 2.45) is 0 Å². The summed E-state index contributed by atoms with van der Waals surface area (Å²) in [5, 5.41) is 28.9. The molecule has 3 N–H and O–H groups in total. The van der Waals surface area contributed by atoms with Gasteiger partial charge < -0.3 is 20.1 Å². The van der Waals surface area contributed by atoms with Crippen LogP contribution in [0.3, 0.4) is 0 Å². The van der Waals surface area contributed by atoms with E-state index in [1.54, 1.807) is 0 Å². The maximum atomic E-state index is 10.5. The molecule has 0 aliphatic rings. The maximum absolute atomic E-state index is 10.5. The fourth-order valence-corrected chi connectivity index (χ4v) is 2.57. The Kier molecular flexibility index (Phi) is 7.92. The van der Waals surface area contributed by atoms with Gasteiger partial charge in [-0.25, -0.2) is 0 Å². The van der Waals surface area contributed by atoms with E-state index in [0.717, 1.165) is 11.1 Å². The third-order valence-corrected chi connectivity index (χ3v) is 4.02. The summed E-state index contributed by atoms with van der Waals surface area (Å²) in [6.07, 6.45) is -0.532. The van der Waals surface area contributed by atoms with Gasteiger partial charge in [-0.15, -0.1) is 0 Å². The van der Waals surface area contributed by atoms with E-state index >= 15 is 0 Å². The van der Waals surface area contributed by atoms with Crippen molar-refractivity contribution in [3.8, 4) is 0 Å². The zero-order valence-corrected chi connectivity index (χ0v) is 13.8. The average molecular weight is 330 g/mol. The monoisotopic (exact) mass is 330 g/mol. The van der Waals surface area contributed by atoms with Crippen LogP contribution in [-0.2, 0) is 17.8 Å². The molecule has 2 aromatic rings. The van der Waals surface area contributed by atoms with Crippen LogP contribution in [0.1, 0.15) is 24.0 Å². The van der Waals surface area contributed by atoms with E-state index in [0.29, 0.717) is 25.9 Å². The molecule has 0 unspecified atom stereocenters. The molecular weight excluding hydrogens is 304 g/mol. The maximum Gasteiger partial charge on any atom is 0.0878 e. The number of rotatable bonds is 10. The van der Waals surface area contributed by atoms with Gasteiger partial charge in [0.1, 0.15) is 0 Å². The van der Waals surface area contributed by atoms with Crippen LogP contribution in [0.2, 0.25) is 0 Å². The van der Waals surface area contributed by atoms with Gasteiger partial charge in [-0.3, -0.25) is 0 Å². The topological polar surface area (TPSA) is 69.9 Å². The second-order valence-corrected chi connectivity index (χ2v) is 6.01. The van der Waals surface area contributed by atoms with Crippen LogP contribution in [0.15, 0.2) is 60.7 Å². The molecule has 0 spiro atoms. The summed E-state index contributed by atoms with van der Waals surface area (Å²) in [5.41, 5.74) is 2.15. The predicted octanol–water partition coefficient (Wildman–Crippen LogP) is 2.31. The van der Waals surface area contributed by atoms with Crippen molar-refractivity contribution in [2.45, 2.75) is 44.2 Å². The number of benzene rings is 2. The zero-order valence-electron chi connectivity index (χ0n) is 13.8. The van der Waals surface area contributed by atoms with Crippen molar-refractivity contribution in [3.05, 3.63) is 71.8 Å². The Morgan fingerprint density at radius 3 is 1.96 bits per heavy atom. The SMILES string of the molecule is OC[C@@H](O)CC[C@H](O)[C@H](Cc1ccccc1)OCc1ccccc1. The second kappa shape index (κ2) is 10.2. The molecule has 2 rings (SSSR count). The summed E-state index contributed by atoms with van der Waals surface area (Å²) in [4.78, 5) is 0. The molecule has 0 aliphatic carbocycles. The third kappa shape index (κ3) is 6.42. The van der Waals surface area contributed by atoms with Gasteiger partial charge in [-0.2, -0.15) is 0 Å². The van der Waals surface area contributed by atoms with Crippen molar-refractivity contribution in [2.75, 3.05) is 6.61 Å². The Morgan fingerprint density at radius 2 is 1.38 bits per heavy atom. The zero-order chi connectivity index (χ0) is 17.2. The van der Waals surface area contributed by atoms with E-state index in [-0.39, 0.29) is 12.7 Å². The van der Waals surface area contributed by atoms with Crippen LogP contribution in [0.4, 0.5) is 0 Å². The summed E-state index contributed by atoms with van der Waals surface area (Å²) in [5.74, 6) is 0. The van der Waals surface area contributed by atoms with Crippen LogP contribution in [0, 0.1) is 0 Å². The first-order valence-corrected chi connectivity index (χ1v) is 8.35. The smallest absolute Gasteiger partial charge is 0.0878 e. The van der Waals surface area contributed by atoms with Gasteiger partial charge in [-0.05, 0) is 24.0 Å². The first kappa shape index (κ1) is 18.6. The Balaban J connectivity index is 1.97. The normalized spacial score (nSPS) is 15.0. The molecule has 0 fully saturated rings. The summed E-state index contributed by atoms with van der Waals surface area (Å²) in [6.45, 7) is 0.138. The van der Waals surface area contributed by atoms with Crippen LogP contribution >= 0.6 is 0 Å². The molecule has 0 bridgehead atoms. The van der Waals surface area contributed by atoms with E-state index in [1.165, 1.54) is 0 Å². The molecule has 2 aromatic carbocycles. The lowest BCUT2D eigenvalue weighted by molar-refractivity contribution is -0.0534. The number of ether oxygens (including phenoxy) is 1. The Hall–Kier alpha value is -1.72. The standard InChI is InChI=1S/C20H26O4/c21-14-18(22)11-12-19(23)20(13-16-7-3-1-4-8-16)24-15-17-9-5-2-6-10-17/h1-10,18-23H,11-15H2/t18-,19-,20-/m0/s1. The predicted molar refractivity (Wildman–Crippen MR) is 93.5 cm³/mol. The summed E-state index contributed by atoms with van der Waals surface area (Å²) in [7, 11) is 0. The van der Waals surface area contributed by atoms with E-state index in [9.17, 15) is 10.2 Å². The molecule has 0 amide bonds. The fraction of sp³-hybridized carbons (Fsp3) is 0.400. The molecule has 0 aromatic heterocycles. The molecule has 0 radical (unpaired) electrons. The molecule has 4 nitrogen and oxygen atoms in total. The number of hydrogen-bond donors (Lipinski definition) is 3. The number of hydrogen-bond acceptors (Lipinski definition) is 4. The van der Waals surface area contributed by atoms with Crippen molar-refractivity contribution in [1.82, 2.24) is 0 Å². The van der Waals surface area contributed by atoms with Crippen LogP contribution in [0.25, 0.3) is 0 Å². The highest BCUT2D eigenvalue weighted by molar-refractivity contribution is 5.16. The van der Waals surface area contributed by atoms with Gasteiger partial charge in [-0.1, -0.05) is 60.7 Å². The van der Waals surface area contributed by atoms with Gasteiger partial charge in [0.15, 0.2) is 0 Å². The molecule has 4 heteroatoms. The molecule has 24 heavy (non-hydrogen) atoms. The minimum absolute atomic E-state index is 0.291. The van der Waals surface area contributed by atoms with E-state index < -0.39 is 12.2 Å². The lowest BCUT2D eigenvalue weighted by Gasteiger charge is -2.24. The Morgan fingerprint density at radius 1 is 0.792 bits per heavy atom.